The van der Waals surface area contributed by atoms with Crippen LogP contribution in [-0.4, -0.2) is 46.1 Å². The van der Waals surface area contributed by atoms with Gasteiger partial charge in [0.2, 0.25) is 5.91 Å². The van der Waals surface area contributed by atoms with Gasteiger partial charge < -0.3 is 14.8 Å². The van der Waals surface area contributed by atoms with Crippen molar-refractivity contribution < 1.29 is 23.5 Å². The number of nitrogens with zero attached hydrogens (tertiary/aromatic N) is 3. The molecule has 3 aromatic rings. The van der Waals surface area contributed by atoms with E-state index in [0.29, 0.717) is 29.0 Å². The molecule has 34 heavy (non-hydrogen) atoms. The normalized spacial score (nSPS) is 10.6. The van der Waals surface area contributed by atoms with E-state index in [9.17, 15) is 14.0 Å². The molecule has 0 fully saturated rings. The Labute approximate surface area is 201 Å². The monoisotopic (exact) mass is 487 g/mol. The quantitative estimate of drug-likeness (QED) is 0.314. The summed E-state index contributed by atoms with van der Waals surface area (Å²) in [6.07, 6.45) is 1.75. The van der Waals surface area contributed by atoms with Gasteiger partial charge in [-0.15, -0.1) is 10.2 Å². The molecule has 180 valence electrons. The van der Waals surface area contributed by atoms with Crippen molar-refractivity contribution >= 4 is 23.7 Å². The maximum atomic E-state index is 14.6. The summed E-state index contributed by atoms with van der Waals surface area (Å²) >= 11 is 1.04. The summed E-state index contributed by atoms with van der Waals surface area (Å²) in [5.41, 5.74) is 0.223. The number of hydrogen-bond acceptors (Lipinski definition) is 7. The van der Waals surface area contributed by atoms with E-state index in [4.69, 9.17) is 9.47 Å². The lowest BCUT2D eigenvalue weighted by Crippen LogP contribution is -2.40. The van der Waals surface area contributed by atoms with Crippen LogP contribution in [0.1, 0.15) is 25.6 Å². The highest BCUT2D eigenvalue weighted by Gasteiger charge is 2.19. The number of rotatable bonds is 11. The first-order valence-corrected chi connectivity index (χ1v) is 11.7. The van der Waals surface area contributed by atoms with Crippen molar-refractivity contribution in [3.05, 3.63) is 60.2 Å². The lowest BCUT2D eigenvalue weighted by Gasteiger charge is -2.12. The van der Waals surface area contributed by atoms with Gasteiger partial charge in [-0.25, -0.2) is 9.18 Å². The summed E-state index contributed by atoms with van der Waals surface area (Å²) < 4.78 is 27.0. The zero-order chi connectivity index (χ0) is 24.3. The van der Waals surface area contributed by atoms with Gasteiger partial charge in [0.05, 0.1) is 18.6 Å². The molecule has 0 aliphatic carbocycles. The first-order valence-electron chi connectivity index (χ1n) is 10.7. The number of halogens is 1. The largest absolute Gasteiger partial charge is 0.497 e. The number of carbonyl (C=O) groups excluding carboxylic acids is 2. The van der Waals surface area contributed by atoms with Crippen molar-refractivity contribution in [2.24, 2.45) is 0 Å². The standard InChI is InChI=1S/C23H26FN5O4S/c1-3-4-13-25-22(31)26-21(30)15-34-23-28-27-20(29(23)19-8-6-5-7-18(19)24)14-33-17-11-9-16(32-2)10-12-17/h5-12H,3-4,13-15H2,1-2H3,(H2,25,26,30,31). The maximum absolute atomic E-state index is 14.6. The predicted octanol–water partition coefficient (Wildman–Crippen LogP) is 3.71. The van der Waals surface area contributed by atoms with Gasteiger partial charge in [0.1, 0.15) is 23.9 Å². The van der Waals surface area contributed by atoms with Crippen molar-refractivity contribution in [3.8, 4) is 17.2 Å². The second-order valence-electron chi connectivity index (χ2n) is 7.10. The Balaban J connectivity index is 1.71. The minimum atomic E-state index is -0.553. The highest BCUT2D eigenvalue weighted by Crippen LogP contribution is 2.25. The van der Waals surface area contributed by atoms with Gasteiger partial charge in [-0.2, -0.15) is 0 Å². The molecule has 2 N–H and O–H groups in total. The molecule has 0 saturated carbocycles. The number of nitrogens with one attached hydrogen (secondary N) is 2. The van der Waals surface area contributed by atoms with Crippen LogP contribution in [0, 0.1) is 5.82 Å². The molecule has 1 aromatic heterocycles. The Hall–Kier alpha value is -3.60. The number of imide groups is 1. The van der Waals surface area contributed by atoms with Crippen LogP contribution in [0.4, 0.5) is 9.18 Å². The first kappa shape index (κ1) is 25.0. The maximum Gasteiger partial charge on any atom is 0.321 e. The van der Waals surface area contributed by atoms with Crippen LogP contribution in [-0.2, 0) is 11.4 Å². The molecule has 9 nitrogen and oxygen atoms in total. The number of unbranched alkanes of at least 4 members (excludes halogenated alkanes) is 1. The molecular weight excluding hydrogens is 461 g/mol. The third-order valence-corrected chi connectivity index (χ3v) is 5.55. The number of para-hydroxylation sites is 1. The number of amides is 3. The molecule has 0 radical (unpaired) electrons. The molecule has 11 heteroatoms. The van der Waals surface area contributed by atoms with Crippen molar-refractivity contribution in [1.82, 2.24) is 25.4 Å². The van der Waals surface area contributed by atoms with E-state index in [2.05, 4.69) is 20.8 Å². The SMILES string of the molecule is CCCCNC(=O)NC(=O)CSc1nnc(COc2ccc(OC)cc2)n1-c1ccccc1F. The summed E-state index contributed by atoms with van der Waals surface area (Å²) in [5.74, 6) is 0.533. The highest BCUT2D eigenvalue weighted by molar-refractivity contribution is 7.99. The molecule has 1 heterocycles. The van der Waals surface area contributed by atoms with Gasteiger partial charge in [-0.1, -0.05) is 37.2 Å². The fourth-order valence-corrected chi connectivity index (χ4v) is 3.66. The van der Waals surface area contributed by atoms with E-state index in [-0.39, 0.29) is 18.0 Å². The van der Waals surface area contributed by atoms with Crippen LogP contribution in [0.15, 0.2) is 53.7 Å². The van der Waals surface area contributed by atoms with Crippen LogP contribution < -0.4 is 20.1 Å². The Bertz CT molecular complexity index is 1110. The highest BCUT2D eigenvalue weighted by atomic mass is 32.2. The lowest BCUT2D eigenvalue weighted by molar-refractivity contribution is -0.117. The third kappa shape index (κ3) is 6.95. The molecule has 0 aliphatic heterocycles. The number of aromatic nitrogens is 3. The van der Waals surface area contributed by atoms with E-state index in [0.717, 1.165) is 24.6 Å². The van der Waals surface area contributed by atoms with Crippen LogP contribution in [0.2, 0.25) is 0 Å². The van der Waals surface area contributed by atoms with Gasteiger partial charge in [-0.05, 0) is 42.8 Å². The number of thioether (sulfide) groups is 1. The van der Waals surface area contributed by atoms with Crippen molar-refractivity contribution in [3.63, 3.8) is 0 Å². The molecule has 0 saturated heterocycles. The van der Waals surface area contributed by atoms with E-state index in [1.54, 1.807) is 49.6 Å². The van der Waals surface area contributed by atoms with Crippen LogP contribution in [0.5, 0.6) is 11.5 Å². The fraction of sp³-hybridized carbons (Fsp3) is 0.304. The molecular formula is C23H26FN5O4S. The van der Waals surface area contributed by atoms with Gasteiger partial charge in [0.25, 0.3) is 0 Å². The predicted molar refractivity (Wildman–Crippen MR) is 126 cm³/mol. The molecule has 0 spiro atoms. The summed E-state index contributed by atoms with van der Waals surface area (Å²) in [5, 5.41) is 13.4. The van der Waals surface area contributed by atoms with E-state index < -0.39 is 17.8 Å². The van der Waals surface area contributed by atoms with Crippen molar-refractivity contribution in [2.75, 3.05) is 19.4 Å². The number of hydrogen-bond donors (Lipinski definition) is 2. The summed E-state index contributed by atoms with van der Waals surface area (Å²) in [7, 11) is 1.57. The third-order valence-electron chi connectivity index (χ3n) is 4.62. The summed E-state index contributed by atoms with van der Waals surface area (Å²) in [6, 6.07) is 12.6. The van der Waals surface area contributed by atoms with Crippen LogP contribution in [0.25, 0.3) is 5.69 Å². The number of carbonyl (C=O) groups is 2. The summed E-state index contributed by atoms with van der Waals surface area (Å²) in [4.78, 5) is 24.0. The van der Waals surface area contributed by atoms with Gasteiger partial charge in [0.15, 0.2) is 11.0 Å². The minimum absolute atomic E-state index is 0.0141. The molecule has 3 amide bonds. The van der Waals surface area contributed by atoms with E-state index in [1.165, 1.54) is 10.6 Å². The Kier molecular flexibility index (Phi) is 9.27. The molecule has 0 bridgehead atoms. The van der Waals surface area contributed by atoms with E-state index in [1.807, 2.05) is 6.92 Å². The zero-order valence-electron chi connectivity index (χ0n) is 18.9. The number of benzene rings is 2. The smallest absolute Gasteiger partial charge is 0.321 e. The molecule has 0 unspecified atom stereocenters. The van der Waals surface area contributed by atoms with Crippen molar-refractivity contribution in [2.45, 2.75) is 31.5 Å². The zero-order valence-corrected chi connectivity index (χ0v) is 19.7. The average Bonchev–Trinajstić information content (AvgIpc) is 3.24. The fourth-order valence-electron chi connectivity index (χ4n) is 2.90. The van der Waals surface area contributed by atoms with Gasteiger partial charge in [-0.3, -0.25) is 14.7 Å². The molecule has 2 aromatic carbocycles. The minimum Gasteiger partial charge on any atom is -0.497 e. The average molecular weight is 488 g/mol. The van der Waals surface area contributed by atoms with Crippen LogP contribution in [0.3, 0.4) is 0 Å². The molecule has 0 atom stereocenters. The molecule has 3 rings (SSSR count). The topological polar surface area (TPSA) is 107 Å². The van der Waals surface area contributed by atoms with Crippen molar-refractivity contribution in [1.29, 1.82) is 0 Å². The number of urea groups is 1. The second-order valence-corrected chi connectivity index (χ2v) is 8.04. The van der Waals surface area contributed by atoms with Gasteiger partial charge >= 0.3 is 6.03 Å². The molecule has 0 aliphatic rings. The second kappa shape index (κ2) is 12.6. The Morgan fingerprint density at radius 1 is 1.09 bits per heavy atom. The number of ether oxygens (including phenoxy) is 2. The van der Waals surface area contributed by atoms with Crippen LogP contribution >= 0.6 is 11.8 Å². The Morgan fingerprint density at radius 3 is 2.53 bits per heavy atom. The first-order chi connectivity index (χ1) is 16.5. The Morgan fingerprint density at radius 2 is 1.82 bits per heavy atom. The number of methoxy groups -OCH3 is 1. The van der Waals surface area contributed by atoms with E-state index >= 15 is 0 Å². The summed E-state index contributed by atoms with van der Waals surface area (Å²) in [6.45, 7) is 2.51. The van der Waals surface area contributed by atoms with Gasteiger partial charge in [0, 0.05) is 6.54 Å². The lowest BCUT2D eigenvalue weighted by atomic mass is 10.3.